The number of aliphatic hydroxyl groups excluding tert-OH is 1. The van der Waals surface area contributed by atoms with Crippen LogP contribution in [0.3, 0.4) is 0 Å². The number of carbonyl (C=O) groups is 1. The first-order chi connectivity index (χ1) is 8.74. The van der Waals surface area contributed by atoms with E-state index in [0.717, 1.165) is 32.4 Å². The fourth-order valence-electron chi connectivity index (χ4n) is 2.51. The van der Waals surface area contributed by atoms with Crippen LogP contribution in [0.15, 0.2) is 0 Å². The first kappa shape index (κ1) is 15.5. The van der Waals surface area contributed by atoms with Crippen molar-refractivity contribution in [1.29, 1.82) is 0 Å². The van der Waals surface area contributed by atoms with Crippen molar-refractivity contribution in [1.82, 2.24) is 4.90 Å². The second-order valence-electron chi connectivity index (χ2n) is 5.48. The number of carbonyl (C=O) groups excluding carboxylic acids is 1. The van der Waals surface area contributed by atoms with Crippen LogP contribution in [0.4, 0.5) is 0 Å². The molecular weight excluding hydrogens is 226 g/mol. The quantitative estimate of drug-likeness (QED) is 0.677. The van der Waals surface area contributed by atoms with Gasteiger partial charge in [-0.3, -0.25) is 4.79 Å². The molecular formula is C15H29NO2. The van der Waals surface area contributed by atoms with Crippen LogP contribution in [0.25, 0.3) is 0 Å². The summed E-state index contributed by atoms with van der Waals surface area (Å²) in [5.74, 6) is 0.287. The largest absolute Gasteiger partial charge is 0.393 e. The third-order valence-corrected chi connectivity index (χ3v) is 3.81. The van der Waals surface area contributed by atoms with E-state index in [2.05, 4.69) is 6.92 Å². The molecule has 18 heavy (non-hydrogen) atoms. The summed E-state index contributed by atoms with van der Waals surface area (Å²) in [6.07, 6.45) is 10.8. The summed E-state index contributed by atoms with van der Waals surface area (Å²) in [6.45, 7) is 3.72. The van der Waals surface area contributed by atoms with Gasteiger partial charge in [0.2, 0.25) is 5.91 Å². The lowest BCUT2D eigenvalue weighted by Gasteiger charge is -2.29. The fourth-order valence-corrected chi connectivity index (χ4v) is 2.51. The van der Waals surface area contributed by atoms with Gasteiger partial charge in [0.25, 0.3) is 0 Å². The molecule has 1 heterocycles. The maximum absolute atomic E-state index is 11.9. The molecule has 0 aromatic heterocycles. The van der Waals surface area contributed by atoms with E-state index in [-0.39, 0.29) is 12.0 Å². The van der Waals surface area contributed by atoms with Crippen LogP contribution < -0.4 is 0 Å². The highest BCUT2D eigenvalue weighted by molar-refractivity contribution is 5.76. The Bertz CT molecular complexity index is 223. The monoisotopic (exact) mass is 255 g/mol. The van der Waals surface area contributed by atoms with Crippen molar-refractivity contribution in [3.05, 3.63) is 0 Å². The number of unbranched alkanes of at least 4 members (excludes halogenated alkanes) is 6. The van der Waals surface area contributed by atoms with Crippen LogP contribution in [-0.4, -0.2) is 35.1 Å². The fraction of sp³-hybridized carbons (Fsp3) is 0.933. The number of aliphatic hydroxyl groups is 1. The second kappa shape index (κ2) is 9.37. The van der Waals surface area contributed by atoms with Crippen molar-refractivity contribution >= 4 is 5.91 Å². The van der Waals surface area contributed by atoms with Crippen LogP contribution in [0.2, 0.25) is 0 Å². The summed E-state index contributed by atoms with van der Waals surface area (Å²) in [5, 5.41) is 9.39. The van der Waals surface area contributed by atoms with Crippen molar-refractivity contribution in [2.75, 3.05) is 13.1 Å². The summed E-state index contributed by atoms with van der Waals surface area (Å²) in [6, 6.07) is 0. The van der Waals surface area contributed by atoms with E-state index < -0.39 is 0 Å². The maximum Gasteiger partial charge on any atom is 0.222 e. The lowest BCUT2D eigenvalue weighted by atomic mass is 10.1. The van der Waals surface area contributed by atoms with E-state index in [1.54, 1.807) is 0 Å². The van der Waals surface area contributed by atoms with E-state index >= 15 is 0 Å². The Morgan fingerprint density at radius 3 is 2.22 bits per heavy atom. The van der Waals surface area contributed by atoms with E-state index in [4.69, 9.17) is 0 Å². The Labute approximate surface area is 112 Å². The normalized spacial score (nSPS) is 17.1. The van der Waals surface area contributed by atoms with Gasteiger partial charge in [-0.25, -0.2) is 0 Å². The van der Waals surface area contributed by atoms with Gasteiger partial charge >= 0.3 is 0 Å². The van der Waals surface area contributed by atoms with Gasteiger partial charge in [-0.2, -0.15) is 0 Å². The Kier molecular flexibility index (Phi) is 8.06. The molecule has 1 N–H and O–H groups in total. The highest BCUT2D eigenvalue weighted by Crippen LogP contribution is 2.13. The molecule has 1 aliphatic heterocycles. The van der Waals surface area contributed by atoms with Crippen LogP contribution in [0.1, 0.15) is 71.1 Å². The minimum Gasteiger partial charge on any atom is -0.393 e. The number of likely N-dealkylation sites (tertiary alicyclic amines) is 1. The lowest BCUT2D eigenvalue weighted by molar-refractivity contribution is -0.133. The van der Waals surface area contributed by atoms with Crippen LogP contribution in [-0.2, 0) is 4.79 Å². The van der Waals surface area contributed by atoms with Gasteiger partial charge in [0.1, 0.15) is 0 Å². The summed E-state index contributed by atoms with van der Waals surface area (Å²) in [5.41, 5.74) is 0. The number of hydrogen-bond acceptors (Lipinski definition) is 2. The number of rotatable bonds is 8. The first-order valence-corrected chi connectivity index (χ1v) is 7.70. The molecule has 0 atom stereocenters. The third kappa shape index (κ3) is 6.39. The van der Waals surface area contributed by atoms with Gasteiger partial charge in [0.05, 0.1) is 6.10 Å². The van der Waals surface area contributed by atoms with Gasteiger partial charge in [-0.05, 0) is 19.3 Å². The zero-order valence-corrected chi connectivity index (χ0v) is 11.9. The molecule has 106 valence electrons. The molecule has 0 bridgehead atoms. The zero-order valence-electron chi connectivity index (χ0n) is 11.9. The van der Waals surface area contributed by atoms with Crippen molar-refractivity contribution in [2.45, 2.75) is 77.2 Å². The van der Waals surface area contributed by atoms with E-state index in [0.29, 0.717) is 6.42 Å². The van der Waals surface area contributed by atoms with Crippen molar-refractivity contribution < 1.29 is 9.90 Å². The topological polar surface area (TPSA) is 40.5 Å². The Hall–Kier alpha value is -0.570. The molecule has 0 unspecified atom stereocenters. The number of piperidine rings is 1. The molecule has 0 radical (unpaired) electrons. The lowest BCUT2D eigenvalue weighted by Crippen LogP contribution is -2.39. The highest BCUT2D eigenvalue weighted by Gasteiger charge is 2.20. The van der Waals surface area contributed by atoms with Gasteiger partial charge in [-0.15, -0.1) is 0 Å². The Morgan fingerprint density at radius 1 is 1.06 bits per heavy atom. The molecule has 3 nitrogen and oxygen atoms in total. The summed E-state index contributed by atoms with van der Waals surface area (Å²) < 4.78 is 0. The predicted molar refractivity (Wildman–Crippen MR) is 74.4 cm³/mol. The Balaban J connectivity index is 1.96. The smallest absolute Gasteiger partial charge is 0.222 e. The average Bonchev–Trinajstić information content (AvgIpc) is 2.38. The number of hydrogen-bond donors (Lipinski definition) is 1. The van der Waals surface area contributed by atoms with Gasteiger partial charge in [-0.1, -0.05) is 45.4 Å². The van der Waals surface area contributed by atoms with Gasteiger partial charge in [0, 0.05) is 19.5 Å². The molecule has 0 spiro atoms. The molecule has 1 fully saturated rings. The molecule has 0 aromatic rings. The maximum atomic E-state index is 11.9. The molecule has 1 amide bonds. The molecule has 0 saturated carbocycles. The summed E-state index contributed by atoms with van der Waals surface area (Å²) in [7, 11) is 0. The zero-order chi connectivity index (χ0) is 13.2. The third-order valence-electron chi connectivity index (χ3n) is 3.81. The minimum absolute atomic E-state index is 0.187. The van der Waals surface area contributed by atoms with Crippen LogP contribution in [0, 0.1) is 0 Å². The van der Waals surface area contributed by atoms with Crippen molar-refractivity contribution in [3.8, 4) is 0 Å². The van der Waals surface area contributed by atoms with E-state index in [9.17, 15) is 9.90 Å². The Morgan fingerprint density at radius 2 is 1.61 bits per heavy atom. The molecule has 3 heteroatoms. The molecule has 1 aliphatic rings. The van der Waals surface area contributed by atoms with Crippen LogP contribution >= 0.6 is 0 Å². The standard InChI is InChI=1S/C15H29NO2/c1-2-3-4-5-6-7-8-9-15(18)16-12-10-14(17)11-13-16/h14,17H,2-13H2,1H3. The van der Waals surface area contributed by atoms with Crippen LogP contribution in [0.5, 0.6) is 0 Å². The van der Waals surface area contributed by atoms with E-state index in [1.165, 1.54) is 38.5 Å². The van der Waals surface area contributed by atoms with Gasteiger partial charge < -0.3 is 10.0 Å². The summed E-state index contributed by atoms with van der Waals surface area (Å²) in [4.78, 5) is 13.8. The molecule has 1 saturated heterocycles. The average molecular weight is 255 g/mol. The SMILES string of the molecule is CCCCCCCCCC(=O)N1CCC(O)CC1. The summed E-state index contributed by atoms with van der Waals surface area (Å²) >= 11 is 0. The second-order valence-corrected chi connectivity index (χ2v) is 5.48. The van der Waals surface area contributed by atoms with Crippen molar-refractivity contribution in [3.63, 3.8) is 0 Å². The van der Waals surface area contributed by atoms with Gasteiger partial charge in [0.15, 0.2) is 0 Å². The molecule has 0 aliphatic carbocycles. The highest BCUT2D eigenvalue weighted by atomic mass is 16.3. The molecule has 1 rings (SSSR count). The predicted octanol–water partition coefficient (Wildman–Crippen LogP) is 3.11. The number of amides is 1. The minimum atomic E-state index is -0.187. The van der Waals surface area contributed by atoms with Crippen molar-refractivity contribution in [2.24, 2.45) is 0 Å². The van der Waals surface area contributed by atoms with E-state index in [1.807, 2.05) is 4.90 Å². The number of nitrogens with zero attached hydrogens (tertiary/aromatic N) is 1. The first-order valence-electron chi connectivity index (χ1n) is 7.70. The molecule has 0 aromatic carbocycles.